The van der Waals surface area contributed by atoms with Crippen LogP contribution in [0.25, 0.3) is 0 Å². The summed E-state index contributed by atoms with van der Waals surface area (Å²) in [6.45, 7) is 2.05. The first-order valence-corrected chi connectivity index (χ1v) is 11.1. The maximum atomic E-state index is 10.1. The molecule has 174 valence electrons. The lowest BCUT2D eigenvalue weighted by Gasteiger charge is -2.27. The fraction of sp³-hybridized carbons (Fsp3) is 0.500. The number of nitrogens with two attached hydrogens (primary N) is 1. The van der Waals surface area contributed by atoms with Crippen LogP contribution >= 0.6 is 0 Å². The van der Waals surface area contributed by atoms with Crippen LogP contribution in [0.2, 0.25) is 0 Å². The zero-order valence-electron chi connectivity index (χ0n) is 19.9. The van der Waals surface area contributed by atoms with Crippen LogP contribution in [0.3, 0.4) is 0 Å². The smallest absolute Gasteiger partial charge is 0.161 e. The molecule has 0 aliphatic rings. The van der Waals surface area contributed by atoms with Gasteiger partial charge in [0.1, 0.15) is 0 Å². The van der Waals surface area contributed by atoms with E-state index >= 15 is 0 Å². The zero-order chi connectivity index (χ0) is 23.6. The molecule has 2 aromatic carbocycles. The molecule has 0 amide bonds. The second-order valence-corrected chi connectivity index (χ2v) is 8.00. The molecule has 2 aromatic rings. The van der Waals surface area contributed by atoms with E-state index in [-0.39, 0.29) is 6.04 Å². The predicted molar refractivity (Wildman–Crippen MR) is 127 cm³/mol. The zero-order valence-corrected chi connectivity index (χ0v) is 19.9. The summed E-state index contributed by atoms with van der Waals surface area (Å²) in [5.74, 6) is 2.76. The highest BCUT2D eigenvalue weighted by Gasteiger charge is 2.31. The number of rotatable bonds is 13. The summed E-state index contributed by atoms with van der Waals surface area (Å²) < 4.78 is 21.4. The van der Waals surface area contributed by atoms with Gasteiger partial charge in [-0.2, -0.15) is 5.26 Å². The number of methoxy groups -OCH3 is 4. The summed E-state index contributed by atoms with van der Waals surface area (Å²) in [4.78, 5) is 0. The molecule has 0 spiro atoms. The number of nitrogens with zero attached hydrogens (tertiary/aromatic N) is 1. The van der Waals surface area contributed by atoms with Gasteiger partial charge in [0, 0.05) is 6.04 Å². The Labute approximate surface area is 192 Å². The summed E-state index contributed by atoms with van der Waals surface area (Å²) in [6, 6.07) is 14.3. The molecule has 0 saturated carbocycles. The molecule has 0 bridgehead atoms. The standard InChI is InChI=1S/C26H36N2O4/c1-6-26(18-27,20-11-14-23(30-3)25(17-20)32-5)15-7-8-21(28)12-9-19-10-13-22(29-2)24(16-19)31-4/h10-11,13-14,16-17,21H,6-9,12,15,28H2,1-5H3. The van der Waals surface area contributed by atoms with E-state index in [2.05, 4.69) is 13.0 Å². The van der Waals surface area contributed by atoms with Crippen LogP contribution in [-0.2, 0) is 11.8 Å². The average Bonchev–Trinajstić information content (AvgIpc) is 2.84. The lowest BCUT2D eigenvalue weighted by molar-refractivity contribution is 0.352. The van der Waals surface area contributed by atoms with Crippen molar-refractivity contribution in [3.63, 3.8) is 0 Å². The quantitative estimate of drug-likeness (QED) is 0.470. The van der Waals surface area contributed by atoms with E-state index in [1.807, 2.05) is 36.4 Å². The predicted octanol–water partition coefficient (Wildman–Crippen LogP) is 5.02. The molecule has 2 N–H and O–H groups in total. The highest BCUT2D eigenvalue weighted by atomic mass is 16.5. The summed E-state index contributed by atoms with van der Waals surface area (Å²) >= 11 is 0. The monoisotopic (exact) mass is 440 g/mol. The highest BCUT2D eigenvalue weighted by Crippen LogP contribution is 2.38. The molecule has 32 heavy (non-hydrogen) atoms. The first-order chi connectivity index (χ1) is 15.5. The number of benzene rings is 2. The lowest BCUT2D eigenvalue weighted by atomic mass is 9.75. The van der Waals surface area contributed by atoms with E-state index in [0.29, 0.717) is 11.5 Å². The fourth-order valence-electron chi connectivity index (χ4n) is 4.06. The molecule has 0 radical (unpaired) electrons. The Morgan fingerprint density at radius 1 is 0.875 bits per heavy atom. The summed E-state index contributed by atoms with van der Waals surface area (Å²) in [5, 5.41) is 10.1. The van der Waals surface area contributed by atoms with Crippen molar-refractivity contribution in [3.05, 3.63) is 47.5 Å². The van der Waals surface area contributed by atoms with Crippen molar-refractivity contribution in [1.82, 2.24) is 0 Å². The SMILES string of the molecule is CCC(C#N)(CCCC(N)CCc1ccc(OC)c(OC)c1)c1ccc(OC)c(OC)c1. The van der Waals surface area contributed by atoms with E-state index in [4.69, 9.17) is 24.7 Å². The molecule has 0 aliphatic carbocycles. The van der Waals surface area contributed by atoms with Crippen molar-refractivity contribution >= 4 is 0 Å². The maximum Gasteiger partial charge on any atom is 0.161 e. The molecule has 6 heteroatoms. The van der Waals surface area contributed by atoms with Gasteiger partial charge >= 0.3 is 0 Å². The van der Waals surface area contributed by atoms with Crippen LogP contribution in [0.15, 0.2) is 36.4 Å². The van der Waals surface area contributed by atoms with E-state index in [9.17, 15) is 5.26 Å². The minimum absolute atomic E-state index is 0.0711. The lowest BCUT2D eigenvalue weighted by Crippen LogP contribution is -2.26. The molecule has 2 unspecified atom stereocenters. The van der Waals surface area contributed by atoms with E-state index in [0.717, 1.165) is 55.6 Å². The fourth-order valence-corrected chi connectivity index (χ4v) is 4.06. The highest BCUT2D eigenvalue weighted by molar-refractivity contribution is 5.47. The maximum absolute atomic E-state index is 10.1. The van der Waals surface area contributed by atoms with Gasteiger partial charge in [-0.25, -0.2) is 0 Å². The summed E-state index contributed by atoms with van der Waals surface area (Å²) in [5.41, 5.74) is 7.97. The van der Waals surface area contributed by atoms with Gasteiger partial charge in [0.15, 0.2) is 23.0 Å². The van der Waals surface area contributed by atoms with Gasteiger partial charge in [0.05, 0.1) is 39.9 Å². The van der Waals surface area contributed by atoms with Crippen LogP contribution in [0.1, 0.15) is 50.2 Å². The second kappa shape index (κ2) is 12.2. The number of hydrogen-bond donors (Lipinski definition) is 1. The Hall–Kier alpha value is -2.91. The Morgan fingerprint density at radius 3 is 2.03 bits per heavy atom. The van der Waals surface area contributed by atoms with Crippen LogP contribution in [-0.4, -0.2) is 34.5 Å². The molecular formula is C26H36N2O4. The summed E-state index contributed by atoms with van der Waals surface area (Å²) in [6.07, 6.45) is 4.96. The second-order valence-electron chi connectivity index (χ2n) is 8.00. The number of ether oxygens (including phenoxy) is 4. The van der Waals surface area contributed by atoms with Crippen molar-refractivity contribution in [2.24, 2.45) is 5.73 Å². The third-order valence-corrected chi connectivity index (χ3v) is 6.18. The van der Waals surface area contributed by atoms with Gasteiger partial charge in [0.2, 0.25) is 0 Å². The largest absolute Gasteiger partial charge is 0.493 e. The van der Waals surface area contributed by atoms with Crippen LogP contribution in [0.4, 0.5) is 0 Å². The first kappa shape index (κ1) is 25.4. The number of aryl methyl sites for hydroxylation is 1. The van der Waals surface area contributed by atoms with Gasteiger partial charge in [-0.1, -0.05) is 19.1 Å². The van der Waals surface area contributed by atoms with E-state index in [1.54, 1.807) is 28.4 Å². The van der Waals surface area contributed by atoms with E-state index < -0.39 is 5.41 Å². The van der Waals surface area contributed by atoms with Crippen molar-refractivity contribution in [2.45, 2.75) is 56.9 Å². The molecule has 6 nitrogen and oxygen atoms in total. The first-order valence-electron chi connectivity index (χ1n) is 11.1. The number of nitriles is 1. The molecule has 0 heterocycles. The van der Waals surface area contributed by atoms with Crippen LogP contribution in [0.5, 0.6) is 23.0 Å². The van der Waals surface area contributed by atoms with Crippen molar-refractivity contribution in [1.29, 1.82) is 5.26 Å². The average molecular weight is 441 g/mol. The van der Waals surface area contributed by atoms with Gasteiger partial charge in [-0.05, 0) is 73.9 Å². The molecule has 0 fully saturated rings. The van der Waals surface area contributed by atoms with Gasteiger partial charge in [0.25, 0.3) is 0 Å². The Morgan fingerprint density at radius 2 is 1.47 bits per heavy atom. The van der Waals surface area contributed by atoms with Crippen molar-refractivity contribution in [2.75, 3.05) is 28.4 Å². The third-order valence-electron chi connectivity index (χ3n) is 6.18. The van der Waals surface area contributed by atoms with Gasteiger partial charge in [-0.3, -0.25) is 0 Å². The van der Waals surface area contributed by atoms with Crippen molar-refractivity contribution in [3.8, 4) is 29.1 Å². The van der Waals surface area contributed by atoms with Crippen LogP contribution < -0.4 is 24.7 Å². The minimum Gasteiger partial charge on any atom is -0.493 e. The molecule has 2 atom stereocenters. The molecule has 2 rings (SSSR count). The summed E-state index contributed by atoms with van der Waals surface area (Å²) in [7, 11) is 6.49. The van der Waals surface area contributed by atoms with E-state index in [1.165, 1.54) is 5.56 Å². The number of hydrogen-bond acceptors (Lipinski definition) is 6. The third kappa shape index (κ3) is 6.08. The molecular weight excluding hydrogens is 404 g/mol. The molecule has 0 saturated heterocycles. The topological polar surface area (TPSA) is 86.7 Å². The minimum atomic E-state index is -0.567. The normalized spacial score (nSPS) is 13.5. The Balaban J connectivity index is 1.97. The molecule has 0 aromatic heterocycles. The Kier molecular flexibility index (Phi) is 9.67. The molecule has 0 aliphatic heterocycles. The van der Waals surface area contributed by atoms with Crippen molar-refractivity contribution < 1.29 is 18.9 Å². The van der Waals surface area contributed by atoms with Gasteiger partial charge in [-0.15, -0.1) is 0 Å². The Bertz CT molecular complexity index is 909. The van der Waals surface area contributed by atoms with Crippen LogP contribution in [0, 0.1) is 11.3 Å². The van der Waals surface area contributed by atoms with Gasteiger partial charge < -0.3 is 24.7 Å².